The van der Waals surface area contributed by atoms with Crippen LogP contribution in [0.3, 0.4) is 0 Å². The smallest absolute Gasteiger partial charge is 0.104 e. The third-order valence-electron chi connectivity index (χ3n) is 1.22. The Hall–Kier alpha value is -0.770. The molecule has 10 heavy (non-hydrogen) atoms. The molecule has 0 atom stereocenters. The molecule has 1 fully saturated rings. The van der Waals surface area contributed by atoms with Crippen LogP contribution in [0.15, 0.2) is 5.11 Å². The highest BCUT2D eigenvalue weighted by molar-refractivity contribution is 4.64. The maximum Gasteiger partial charge on any atom is 0.104 e. The Labute approximate surface area is 58.6 Å². The Bertz CT molecular complexity index is 140. The first kappa shape index (κ1) is 7.34. The van der Waals surface area contributed by atoms with E-state index in [4.69, 9.17) is 15.0 Å². The lowest BCUT2D eigenvalue weighted by Gasteiger charge is -2.25. The molecule has 1 heterocycles. The van der Waals surface area contributed by atoms with Crippen molar-refractivity contribution in [2.75, 3.05) is 26.4 Å². The van der Waals surface area contributed by atoms with Crippen LogP contribution in [0.1, 0.15) is 0 Å². The Morgan fingerprint density at radius 1 is 1.70 bits per heavy atom. The number of rotatable bonds is 4. The maximum absolute atomic E-state index is 7.88. The predicted molar refractivity (Wildman–Crippen MR) is 34.6 cm³/mol. The minimum Gasteiger partial charge on any atom is -0.376 e. The molecule has 1 aliphatic heterocycles. The zero-order chi connectivity index (χ0) is 7.23. The highest BCUT2D eigenvalue weighted by atomic mass is 16.6. The zero-order valence-corrected chi connectivity index (χ0v) is 5.56. The van der Waals surface area contributed by atoms with Crippen LogP contribution in [0, 0.1) is 0 Å². The summed E-state index contributed by atoms with van der Waals surface area (Å²) in [5.74, 6) is 0. The number of ether oxygens (including phenoxy) is 2. The van der Waals surface area contributed by atoms with Crippen LogP contribution < -0.4 is 0 Å². The molecule has 0 aromatic rings. The van der Waals surface area contributed by atoms with Gasteiger partial charge in [-0.15, -0.1) is 0 Å². The van der Waals surface area contributed by atoms with Crippen LogP contribution in [0.2, 0.25) is 0 Å². The van der Waals surface area contributed by atoms with E-state index in [1.807, 2.05) is 0 Å². The fraction of sp³-hybridized carbons (Fsp3) is 1.00. The molecule has 0 aliphatic carbocycles. The van der Waals surface area contributed by atoms with Crippen LogP contribution in [0.25, 0.3) is 10.4 Å². The lowest BCUT2D eigenvalue weighted by molar-refractivity contribution is -0.127. The van der Waals surface area contributed by atoms with Gasteiger partial charge in [-0.25, -0.2) is 0 Å². The van der Waals surface area contributed by atoms with Crippen LogP contribution in [0.4, 0.5) is 0 Å². The molecule has 0 unspecified atom stereocenters. The molecule has 5 nitrogen and oxygen atoms in total. The molecule has 0 amide bonds. The first-order chi connectivity index (χ1) is 4.93. The van der Waals surface area contributed by atoms with Gasteiger partial charge in [0.15, 0.2) is 0 Å². The van der Waals surface area contributed by atoms with Crippen molar-refractivity contribution in [1.82, 2.24) is 0 Å². The summed E-state index contributed by atoms with van der Waals surface area (Å²) in [7, 11) is 0. The fourth-order valence-electron chi connectivity index (χ4n) is 0.615. The first-order valence-electron chi connectivity index (χ1n) is 3.13. The molecule has 5 heteroatoms. The molecule has 0 aromatic heterocycles. The molecule has 0 saturated carbocycles. The third kappa shape index (κ3) is 2.23. The summed E-state index contributed by atoms with van der Waals surface area (Å²) in [4.78, 5) is 2.59. The van der Waals surface area contributed by atoms with Crippen molar-refractivity contribution in [3.8, 4) is 0 Å². The van der Waals surface area contributed by atoms with Crippen LogP contribution in [-0.2, 0) is 9.47 Å². The first-order valence-corrected chi connectivity index (χ1v) is 3.13. The van der Waals surface area contributed by atoms with E-state index in [1.165, 1.54) is 0 Å². The molecule has 0 aromatic carbocycles. The molecule has 0 radical (unpaired) electrons. The predicted octanol–water partition coefficient (Wildman–Crippen LogP) is 0.712. The van der Waals surface area contributed by atoms with Crippen molar-refractivity contribution in [3.63, 3.8) is 0 Å². The molecule has 1 rings (SSSR count). The van der Waals surface area contributed by atoms with Gasteiger partial charge in [-0.2, -0.15) is 0 Å². The summed E-state index contributed by atoms with van der Waals surface area (Å²) in [5, 5.41) is 3.32. The number of nitrogens with zero attached hydrogens (tertiary/aromatic N) is 3. The largest absolute Gasteiger partial charge is 0.376 e. The van der Waals surface area contributed by atoms with Gasteiger partial charge >= 0.3 is 0 Å². The van der Waals surface area contributed by atoms with Crippen molar-refractivity contribution in [2.24, 2.45) is 5.11 Å². The summed E-state index contributed by atoms with van der Waals surface area (Å²) in [6.07, 6.45) is 0.230. The third-order valence-corrected chi connectivity index (χ3v) is 1.22. The summed E-state index contributed by atoms with van der Waals surface area (Å²) >= 11 is 0. The van der Waals surface area contributed by atoms with Crippen molar-refractivity contribution in [3.05, 3.63) is 10.4 Å². The van der Waals surface area contributed by atoms with Gasteiger partial charge < -0.3 is 9.47 Å². The summed E-state index contributed by atoms with van der Waals surface area (Å²) in [6, 6.07) is 0. The molecule has 56 valence electrons. The van der Waals surface area contributed by atoms with Crippen LogP contribution >= 0.6 is 0 Å². The van der Waals surface area contributed by atoms with Crippen molar-refractivity contribution >= 4 is 0 Å². The van der Waals surface area contributed by atoms with E-state index < -0.39 is 0 Å². The highest BCUT2D eigenvalue weighted by Gasteiger charge is 2.17. The molecule has 1 saturated heterocycles. The summed E-state index contributed by atoms with van der Waals surface area (Å²) in [5.41, 5.74) is 7.88. The van der Waals surface area contributed by atoms with Crippen molar-refractivity contribution in [2.45, 2.75) is 6.10 Å². The van der Waals surface area contributed by atoms with Gasteiger partial charge in [0, 0.05) is 11.5 Å². The van der Waals surface area contributed by atoms with Gasteiger partial charge in [-0.1, -0.05) is 5.11 Å². The topological polar surface area (TPSA) is 67.2 Å². The van der Waals surface area contributed by atoms with Gasteiger partial charge in [0.05, 0.1) is 19.8 Å². The minimum absolute atomic E-state index is 0.230. The lowest BCUT2D eigenvalue weighted by atomic mass is 10.3. The summed E-state index contributed by atoms with van der Waals surface area (Å²) < 4.78 is 10.1. The second kappa shape index (κ2) is 4.11. The van der Waals surface area contributed by atoms with E-state index in [2.05, 4.69) is 10.0 Å². The lowest BCUT2D eigenvalue weighted by Crippen LogP contribution is -2.36. The van der Waals surface area contributed by atoms with Crippen LogP contribution in [0.5, 0.6) is 0 Å². The second-order valence-corrected chi connectivity index (χ2v) is 1.98. The van der Waals surface area contributed by atoms with E-state index in [0.29, 0.717) is 26.4 Å². The van der Waals surface area contributed by atoms with E-state index >= 15 is 0 Å². The summed E-state index contributed by atoms with van der Waals surface area (Å²) in [6.45, 7) is 2.26. The van der Waals surface area contributed by atoms with Crippen LogP contribution in [-0.4, -0.2) is 32.5 Å². The Balaban J connectivity index is 1.89. The molecule has 0 bridgehead atoms. The Morgan fingerprint density at radius 3 is 3.00 bits per heavy atom. The number of hydrogen-bond donors (Lipinski definition) is 0. The van der Waals surface area contributed by atoms with Gasteiger partial charge in [0.2, 0.25) is 0 Å². The number of hydrogen-bond acceptors (Lipinski definition) is 3. The van der Waals surface area contributed by atoms with Gasteiger partial charge in [0.1, 0.15) is 6.10 Å². The second-order valence-electron chi connectivity index (χ2n) is 1.98. The quantitative estimate of drug-likeness (QED) is 0.252. The standard InChI is InChI=1S/C5H9N3O2/c6-8-7-1-2-10-5-3-9-4-5/h5H,1-4H2. The molecular weight excluding hydrogens is 134 g/mol. The van der Waals surface area contributed by atoms with Crippen molar-refractivity contribution < 1.29 is 9.47 Å². The van der Waals surface area contributed by atoms with Crippen molar-refractivity contribution in [1.29, 1.82) is 0 Å². The Kier molecular flexibility index (Phi) is 3.02. The van der Waals surface area contributed by atoms with E-state index in [9.17, 15) is 0 Å². The normalized spacial score (nSPS) is 17.6. The average Bonchev–Trinajstić information content (AvgIpc) is 1.84. The monoisotopic (exact) mass is 143 g/mol. The highest BCUT2D eigenvalue weighted by Crippen LogP contribution is 2.04. The zero-order valence-electron chi connectivity index (χ0n) is 5.56. The van der Waals surface area contributed by atoms with E-state index in [1.54, 1.807) is 0 Å². The van der Waals surface area contributed by atoms with Gasteiger partial charge in [0.25, 0.3) is 0 Å². The Morgan fingerprint density at radius 2 is 2.50 bits per heavy atom. The van der Waals surface area contributed by atoms with E-state index in [-0.39, 0.29) is 6.10 Å². The van der Waals surface area contributed by atoms with Gasteiger partial charge in [-0.3, -0.25) is 0 Å². The fourth-order valence-corrected chi connectivity index (χ4v) is 0.615. The maximum atomic E-state index is 7.88. The van der Waals surface area contributed by atoms with Gasteiger partial charge in [-0.05, 0) is 5.53 Å². The van der Waals surface area contributed by atoms with E-state index in [0.717, 1.165) is 0 Å². The molecule has 1 aliphatic rings. The molecule has 0 spiro atoms. The molecule has 0 N–H and O–H groups in total. The average molecular weight is 143 g/mol. The SMILES string of the molecule is [N-]=[N+]=NCCOC1COC1. The number of azide groups is 1. The minimum atomic E-state index is 0.230. The molecular formula is C5H9N3O2.